The zero-order chi connectivity index (χ0) is 9.97. The Bertz CT molecular complexity index is 493. The van der Waals surface area contributed by atoms with Crippen LogP contribution in [0, 0.1) is 0 Å². The SMILES string of the molecule is O=c1sccn1Cc1ccnc(Cl)n1. The predicted molar refractivity (Wildman–Crippen MR) is 54.7 cm³/mol. The molecule has 0 radical (unpaired) electrons. The molecule has 0 bridgehead atoms. The van der Waals surface area contributed by atoms with E-state index in [4.69, 9.17) is 11.6 Å². The maximum atomic E-state index is 11.2. The molecule has 14 heavy (non-hydrogen) atoms. The van der Waals surface area contributed by atoms with E-state index in [0.717, 1.165) is 17.0 Å². The normalized spacial score (nSPS) is 10.4. The van der Waals surface area contributed by atoms with Crippen molar-refractivity contribution in [2.45, 2.75) is 6.54 Å². The number of thiazole rings is 1. The van der Waals surface area contributed by atoms with E-state index in [1.54, 1.807) is 28.4 Å². The van der Waals surface area contributed by atoms with E-state index in [1.807, 2.05) is 0 Å². The van der Waals surface area contributed by atoms with Crippen molar-refractivity contribution in [3.63, 3.8) is 0 Å². The van der Waals surface area contributed by atoms with Crippen LogP contribution in [-0.4, -0.2) is 14.5 Å². The van der Waals surface area contributed by atoms with Gasteiger partial charge in [-0.3, -0.25) is 9.36 Å². The van der Waals surface area contributed by atoms with Gasteiger partial charge < -0.3 is 0 Å². The van der Waals surface area contributed by atoms with Crippen molar-refractivity contribution in [1.29, 1.82) is 0 Å². The number of nitrogens with zero attached hydrogens (tertiary/aromatic N) is 3. The van der Waals surface area contributed by atoms with Crippen molar-refractivity contribution in [2.75, 3.05) is 0 Å². The monoisotopic (exact) mass is 227 g/mol. The molecular weight excluding hydrogens is 222 g/mol. The molecule has 2 aromatic heterocycles. The van der Waals surface area contributed by atoms with Crippen molar-refractivity contribution in [3.05, 3.63) is 44.5 Å². The van der Waals surface area contributed by atoms with E-state index in [1.165, 1.54) is 0 Å². The summed E-state index contributed by atoms with van der Waals surface area (Å²) in [5.74, 6) is 0. The average Bonchev–Trinajstić information content (AvgIpc) is 2.52. The van der Waals surface area contributed by atoms with Crippen molar-refractivity contribution < 1.29 is 0 Å². The second-order valence-corrected chi connectivity index (χ2v) is 3.81. The molecule has 2 aromatic rings. The Morgan fingerprint density at radius 3 is 3.07 bits per heavy atom. The van der Waals surface area contributed by atoms with E-state index in [9.17, 15) is 4.79 Å². The van der Waals surface area contributed by atoms with E-state index in [-0.39, 0.29) is 10.2 Å². The van der Waals surface area contributed by atoms with Crippen LogP contribution in [0.15, 0.2) is 28.6 Å². The van der Waals surface area contributed by atoms with Crippen LogP contribution in [0.1, 0.15) is 5.69 Å². The molecule has 0 amide bonds. The minimum atomic E-state index is -0.000246. The largest absolute Gasteiger partial charge is 0.307 e. The Morgan fingerprint density at radius 2 is 2.43 bits per heavy atom. The molecule has 2 heterocycles. The first-order valence-corrected chi connectivity index (χ1v) is 5.13. The van der Waals surface area contributed by atoms with Gasteiger partial charge in [0.25, 0.3) is 0 Å². The van der Waals surface area contributed by atoms with Crippen LogP contribution in [0.4, 0.5) is 0 Å². The molecule has 0 unspecified atom stereocenters. The fraction of sp³-hybridized carbons (Fsp3) is 0.125. The van der Waals surface area contributed by atoms with Gasteiger partial charge >= 0.3 is 4.87 Å². The molecule has 2 rings (SSSR count). The third-order valence-corrected chi connectivity index (χ3v) is 2.54. The predicted octanol–water partition coefficient (Wildman–Crippen LogP) is 1.40. The van der Waals surface area contributed by atoms with Gasteiger partial charge in [-0.25, -0.2) is 9.97 Å². The molecule has 0 atom stereocenters. The van der Waals surface area contributed by atoms with Crippen LogP contribution in [0.3, 0.4) is 0 Å². The van der Waals surface area contributed by atoms with Gasteiger partial charge in [0.2, 0.25) is 5.28 Å². The number of halogens is 1. The maximum absolute atomic E-state index is 11.2. The summed E-state index contributed by atoms with van der Waals surface area (Å²) in [7, 11) is 0. The number of hydrogen-bond donors (Lipinski definition) is 0. The standard InChI is InChI=1S/C8H6ClN3OS/c9-7-10-2-1-6(11-7)5-12-3-4-14-8(12)13/h1-4H,5H2. The molecule has 6 heteroatoms. The first-order valence-electron chi connectivity index (χ1n) is 3.87. The zero-order valence-corrected chi connectivity index (χ0v) is 8.63. The Hall–Kier alpha value is -1.20. The summed E-state index contributed by atoms with van der Waals surface area (Å²) in [5, 5.41) is 1.94. The molecule has 0 saturated heterocycles. The molecule has 0 aromatic carbocycles. The van der Waals surface area contributed by atoms with Crippen LogP contribution in [0.25, 0.3) is 0 Å². The lowest BCUT2D eigenvalue weighted by Crippen LogP contribution is -2.13. The minimum Gasteiger partial charge on any atom is -0.300 e. The minimum absolute atomic E-state index is 0.000246. The molecule has 0 spiro atoms. The summed E-state index contributed by atoms with van der Waals surface area (Å²) >= 11 is 6.78. The smallest absolute Gasteiger partial charge is 0.300 e. The fourth-order valence-electron chi connectivity index (χ4n) is 1.04. The Morgan fingerprint density at radius 1 is 1.57 bits per heavy atom. The lowest BCUT2D eigenvalue weighted by molar-refractivity contribution is 0.757. The molecule has 0 N–H and O–H groups in total. The highest BCUT2D eigenvalue weighted by Gasteiger charge is 2.00. The summed E-state index contributed by atoms with van der Waals surface area (Å²) in [4.78, 5) is 19.0. The second-order valence-electron chi connectivity index (χ2n) is 2.61. The lowest BCUT2D eigenvalue weighted by atomic mass is 10.4. The third-order valence-electron chi connectivity index (χ3n) is 1.66. The molecule has 0 aliphatic rings. The van der Waals surface area contributed by atoms with Crippen molar-refractivity contribution in [1.82, 2.24) is 14.5 Å². The number of aromatic nitrogens is 3. The highest BCUT2D eigenvalue weighted by molar-refractivity contribution is 7.07. The first kappa shape index (κ1) is 9.36. The first-order chi connectivity index (χ1) is 6.75. The lowest BCUT2D eigenvalue weighted by Gasteiger charge is -1.99. The molecule has 0 aliphatic heterocycles. The third kappa shape index (κ3) is 2.00. The van der Waals surface area contributed by atoms with E-state index < -0.39 is 0 Å². The van der Waals surface area contributed by atoms with Crippen LogP contribution >= 0.6 is 22.9 Å². The van der Waals surface area contributed by atoms with Crippen molar-refractivity contribution in [2.24, 2.45) is 0 Å². The average molecular weight is 228 g/mol. The van der Waals surface area contributed by atoms with Gasteiger partial charge in [0.05, 0.1) is 12.2 Å². The molecular formula is C8H6ClN3OS. The molecule has 0 aliphatic carbocycles. The van der Waals surface area contributed by atoms with Gasteiger partial charge in [0, 0.05) is 17.8 Å². The van der Waals surface area contributed by atoms with Crippen LogP contribution < -0.4 is 4.87 Å². The Labute approximate surface area is 88.8 Å². The quantitative estimate of drug-likeness (QED) is 0.729. The van der Waals surface area contributed by atoms with Crippen molar-refractivity contribution in [3.8, 4) is 0 Å². The van der Waals surface area contributed by atoms with E-state index >= 15 is 0 Å². The Kier molecular flexibility index (Phi) is 2.60. The molecule has 0 fully saturated rings. The number of rotatable bonds is 2. The zero-order valence-electron chi connectivity index (χ0n) is 7.05. The summed E-state index contributed by atoms with van der Waals surface area (Å²) in [6.45, 7) is 0.435. The van der Waals surface area contributed by atoms with Gasteiger partial charge in [-0.05, 0) is 17.7 Å². The summed E-state index contributed by atoms with van der Waals surface area (Å²) < 4.78 is 1.57. The summed E-state index contributed by atoms with van der Waals surface area (Å²) in [5.41, 5.74) is 0.727. The summed E-state index contributed by atoms with van der Waals surface area (Å²) in [6, 6.07) is 1.73. The van der Waals surface area contributed by atoms with Crippen LogP contribution in [0.5, 0.6) is 0 Å². The molecule has 0 saturated carbocycles. The number of hydrogen-bond acceptors (Lipinski definition) is 4. The van der Waals surface area contributed by atoms with Crippen LogP contribution in [0.2, 0.25) is 5.28 Å². The highest BCUT2D eigenvalue weighted by atomic mass is 35.5. The topological polar surface area (TPSA) is 47.8 Å². The highest BCUT2D eigenvalue weighted by Crippen LogP contribution is 2.02. The van der Waals surface area contributed by atoms with Gasteiger partial charge in [-0.2, -0.15) is 0 Å². The van der Waals surface area contributed by atoms with Crippen molar-refractivity contribution >= 4 is 22.9 Å². The molecule has 72 valence electrons. The van der Waals surface area contributed by atoms with Gasteiger partial charge in [0.15, 0.2) is 0 Å². The van der Waals surface area contributed by atoms with Gasteiger partial charge in [-0.1, -0.05) is 11.3 Å². The fourth-order valence-corrected chi connectivity index (χ4v) is 1.79. The maximum Gasteiger partial charge on any atom is 0.307 e. The van der Waals surface area contributed by atoms with Gasteiger partial charge in [-0.15, -0.1) is 0 Å². The summed E-state index contributed by atoms with van der Waals surface area (Å²) in [6.07, 6.45) is 3.30. The Balaban J connectivity index is 2.27. The van der Waals surface area contributed by atoms with Crippen LogP contribution in [-0.2, 0) is 6.54 Å². The second kappa shape index (κ2) is 3.89. The van der Waals surface area contributed by atoms with Gasteiger partial charge in [0.1, 0.15) is 0 Å². The van der Waals surface area contributed by atoms with E-state index in [0.29, 0.717) is 6.54 Å². The van der Waals surface area contributed by atoms with E-state index in [2.05, 4.69) is 9.97 Å². The molecule has 4 nitrogen and oxygen atoms in total.